The molecule has 0 atom stereocenters. The van der Waals surface area contributed by atoms with Gasteiger partial charge in [-0.25, -0.2) is 4.79 Å². The number of hydrogen-bond donors (Lipinski definition) is 0. The lowest BCUT2D eigenvalue weighted by Gasteiger charge is -2.14. The van der Waals surface area contributed by atoms with E-state index in [1.807, 2.05) is 25.2 Å². The second-order valence-corrected chi connectivity index (χ2v) is 4.37. The maximum atomic E-state index is 11.4. The molecule has 1 heterocycles. The molecule has 2 aromatic rings. The van der Waals surface area contributed by atoms with Gasteiger partial charge in [0.05, 0.1) is 11.6 Å². The molecule has 0 spiro atoms. The monoisotopic (exact) mass is 245 g/mol. The number of fused-ring (bicyclic) bond motifs is 1. The standard InChI is InChI=1S/C13H15N3O2/c1-15(7-3-6-14)9-10-4-5-12-11(8-10)16(2)13(17)18-12/h4-5,8H,3,7,9H2,1-2H3. The van der Waals surface area contributed by atoms with Crippen molar-refractivity contribution in [2.24, 2.45) is 7.05 Å². The highest BCUT2D eigenvalue weighted by atomic mass is 16.4. The van der Waals surface area contributed by atoms with Crippen LogP contribution in [0.15, 0.2) is 27.4 Å². The van der Waals surface area contributed by atoms with Gasteiger partial charge in [-0.3, -0.25) is 4.57 Å². The summed E-state index contributed by atoms with van der Waals surface area (Å²) >= 11 is 0. The Morgan fingerprint density at radius 2 is 2.28 bits per heavy atom. The van der Waals surface area contributed by atoms with Crippen molar-refractivity contribution in [2.45, 2.75) is 13.0 Å². The summed E-state index contributed by atoms with van der Waals surface area (Å²) < 4.78 is 6.57. The molecule has 5 heteroatoms. The zero-order valence-electron chi connectivity index (χ0n) is 10.5. The third kappa shape index (κ3) is 2.44. The summed E-state index contributed by atoms with van der Waals surface area (Å²) in [7, 11) is 3.66. The molecule has 0 aliphatic heterocycles. The SMILES string of the molecule is CN(CCC#N)Cc1ccc2oc(=O)n(C)c2c1. The number of nitrogens with zero attached hydrogens (tertiary/aromatic N) is 3. The lowest BCUT2D eigenvalue weighted by molar-refractivity contribution is 0.335. The smallest absolute Gasteiger partial charge is 0.408 e. The number of nitriles is 1. The van der Waals surface area contributed by atoms with E-state index in [2.05, 4.69) is 11.0 Å². The third-order valence-corrected chi connectivity index (χ3v) is 2.91. The van der Waals surface area contributed by atoms with Crippen molar-refractivity contribution in [2.75, 3.05) is 13.6 Å². The maximum absolute atomic E-state index is 11.4. The Morgan fingerprint density at radius 3 is 3.00 bits per heavy atom. The van der Waals surface area contributed by atoms with E-state index in [0.29, 0.717) is 12.0 Å². The number of aryl methyl sites for hydroxylation is 1. The van der Waals surface area contributed by atoms with Crippen LogP contribution in [0.25, 0.3) is 11.1 Å². The molecule has 0 radical (unpaired) electrons. The van der Waals surface area contributed by atoms with Crippen molar-refractivity contribution in [3.8, 4) is 6.07 Å². The van der Waals surface area contributed by atoms with Crippen LogP contribution in [-0.2, 0) is 13.6 Å². The summed E-state index contributed by atoms with van der Waals surface area (Å²) in [5.74, 6) is -0.347. The highest BCUT2D eigenvalue weighted by Crippen LogP contribution is 2.15. The predicted molar refractivity (Wildman–Crippen MR) is 68.0 cm³/mol. The molecule has 1 aromatic heterocycles. The van der Waals surface area contributed by atoms with Crippen molar-refractivity contribution < 1.29 is 4.42 Å². The maximum Gasteiger partial charge on any atom is 0.419 e. The molecule has 0 aliphatic rings. The van der Waals surface area contributed by atoms with Gasteiger partial charge in [-0.05, 0) is 24.7 Å². The van der Waals surface area contributed by atoms with E-state index in [4.69, 9.17) is 9.68 Å². The molecule has 0 amide bonds. The summed E-state index contributed by atoms with van der Waals surface area (Å²) in [6.07, 6.45) is 0.517. The first kappa shape index (κ1) is 12.4. The summed E-state index contributed by atoms with van der Waals surface area (Å²) in [5, 5.41) is 8.53. The Bertz CT molecular complexity index is 648. The van der Waals surface area contributed by atoms with Crippen molar-refractivity contribution >= 4 is 11.1 Å². The molecule has 0 unspecified atom stereocenters. The first-order valence-corrected chi connectivity index (χ1v) is 5.76. The molecule has 0 fully saturated rings. The van der Waals surface area contributed by atoms with Crippen molar-refractivity contribution in [1.82, 2.24) is 9.47 Å². The molecule has 0 bridgehead atoms. The summed E-state index contributed by atoms with van der Waals surface area (Å²) in [5.41, 5.74) is 2.50. The Morgan fingerprint density at radius 1 is 1.50 bits per heavy atom. The van der Waals surface area contributed by atoms with Gasteiger partial charge in [-0.2, -0.15) is 5.26 Å². The third-order valence-electron chi connectivity index (χ3n) is 2.91. The van der Waals surface area contributed by atoms with Crippen LogP contribution < -0.4 is 5.76 Å². The fourth-order valence-corrected chi connectivity index (χ4v) is 1.90. The van der Waals surface area contributed by atoms with Gasteiger partial charge in [-0.15, -0.1) is 0 Å². The minimum atomic E-state index is -0.347. The van der Waals surface area contributed by atoms with Gasteiger partial charge in [0.1, 0.15) is 0 Å². The minimum absolute atomic E-state index is 0.347. The Balaban J connectivity index is 2.22. The number of oxazole rings is 1. The zero-order valence-corrected chi connectivity index (χ0v) is 10.5. The normalized spacial score (nSPS) is 11.0. The van der Waals surface area contributed by atoms with E-state index in [1.165, 1.54) is 4.57 Å². The van der Waals surface area contributed by atoms with Gasteiger partial charge in [0.15, 0.2) is 5.58 Å². The van der Waals surface area contributed by atoms with E-state index in [0.717, 1.165) is 24.2 Å². The highest BCUT2D eigenvalue weighted by Gasteiger charge is 2.07. The van der Waals surface area contributed by atoms with E-state index >= 15 is 0 Å². The van der Waals surface area contributed by atoms with Crippen LogP contribution in [0.2, 0.25) is 0 Å². The van der Waals surface area contributed by atoms with E-state index < -0.39 is 0 Å². The second-order valence-electron chi connectivity index (χ2n) is 4.37. The quantitative estimate of drug-likeness (QED) is 0.818. The van der Waals surface area contributed by atoms with Crippen LogP contribution in [0.3, 0.4) is 0 Å². The summed E-state index contributed by atoms with van der Waals surface area (Å²) in [4.78, 5) is 13.4. The Labute approximate surface area is 105 Å². The van der Waals surface area contributed by atoms with Gasteiger partial charge in [-0.1, -0.05) is 6.07 Å². The molecule has 2 rings (SSSR count). The van der Waals surface area contributed by atoms with Crippen molar-refractivity contribution in [1.29, 1.82) is 5.26 Å². The first-order chi connectivity index (χ1) is 8.61. The Kier molecular flexibility index (Phi) is 3.49. The average molecular weight is 245 g/mol. The molecule has 94 valence electrons. The van der Waals surface area contributed by atoms with E-state index in [-0.39, 0.29) is 5.76 Å². The fraction of sp³-hybridized carbons (Fsp3) is 0.385. The topological polar surface area (TPSA) is 62.2 Å². The molecular formula is C13H15N3O2. The summed E-state index contributed by atoms with van der Waals surface area (Å²) in [6, 6.07) is 7.82. The lowest BCUT2D eigenvalue weighted by Crippen LogP contribution is -2.18. The first-order valence-electron chi connectivity index (χ1n) is 5.76. The van der Waals surface area contributed by atoms with Gasteiger partial charge >= 0.3 is 5.76 Å². The second kappa shape index (κ2) is 5.07. The molecule has 0 aliphatic carbocycles. The van der Waals surface area contributed by atoms with Crippen LogP contribution in [0.4, 0.5) is 0 Å². The van der Waals surface area contributed by atoms with Crippen molar-refractivity contribution in [3.05, 3.63) is 34.3 Å². The van der Waals surface area contributed by atoms with E-state index in [1.54, 1.807) is 7.05 Å². The van der Waals surface area contributed by atoms with Gasteiger partial charge in [0.2, 0.25) is 0 Å². The fourth-order valence-electron chi connectivity index (χ4n) is 1.90. The number of hydrogen-bond acceptors (Lipinski definition) is 4. The molecule has 0 saturated carbocycles. The minimum Gasteiger partial charge on any atom is -0.408 e. The largest absolute Gasteiger partial charge is 0.419 e. The zero-order chi connectivity index (χ0) is 13.1. The van der Waals surface area contributed by atoms with Gasteiger partial charge < -0.3 is 9.32 Å². The molecule has 18 heavy (non-hydrogen) atoms. The van der Waals surface area contributed by atoms with Crippen LogP contribution in [0.1, 0.15) is 12.0 Å². The molecule has 0 N–H and O–H groups in total. The average Bonchev–Trinajstić information content (AvgIpc) is 2.63. The highest BCUT2D eigenvalue weighted by molar-refractivity contribution is 5.73. The molecule has 1 aromatic carbocycles. The number of rotatable bonds is 4. The Hall–Kier alpha value is -2.06. The van der Waals surface area contributed by atoms with Gasteiger partial charge in [0, 0.05) is 26.6 Å². The number of benzene rings is 1. The molecule has 0 saturated heterocycles. The van der Waals surface area contributed by atoms with Gasteiger partial charge in [0.25, 0.3) is 0 Å². The predicted octanol–water partition coefficient (Wildman–Crippen LogP) is 1.48. The van der Waals surface area contributed by atoms with Crippen LogP contribution in [-0.4, -0.2) is 23.1 Å². The van der Waals surface area contributed by atoms with Crippen LogP contribution >= 0.6 is 0 Å². The van der Waals surface area contributed by atoms with Crippen LogP contribution in [0.5, 0.6) is 0 Å². The lowest BCUT2D eigenvalue weighted by atomic mass is 10.2. The van der Waals surface area contributed by atoms with Crippen LogP contribution in [0, 0.1) is 11.3 Å². The van der Waals surface area contributed by atoms with E-state index in [9.17, 15) is 4.79 Å². The number of aromatic nitrogens is 1. The summed E-state index contributed by atoms with van der Waals surface area (Å²) in [6.45, 7) is 1.48. The molecule has 5 nitrogen and oxygen atoms in total. The molecular weight excluding hydrogens is 230 g/mol. The van der Waals surface area contributed by atoms with Crippen molar-refractivity contribution in [3.63, 3.8) is 0 Å².